The third-order valence-electron chi connectivity index (χ3n) is 3.56. The molecule has 0 N–H and O–H groups in total. The van der Waals surface area contributed by atoms with Crippen molar-refractivity contribution < 1.29 is 4.74 Å². The van der Waals surface area contributed by atoms with Gasteiger partial charge in [-0.3, -0.25) is 4.90 Å². The summed E-state index contributed by atoms with van der Waals surface area (Å²) in [6, 6.07) is 10.8. The van der Waals surface area contributed by atoms with E-state index in [0.717, 1.165) is 19.7 Å². The van der Waals surface area contributed by atoms with Gasteiger partial charge in [0, 0.05) is 19.7 Å². The van der Waals surface area contributed by atoms with Crippen LogP contribution in [0.1, 0.15) is 24.8 Å². The molecule has 1 fully saturated rings. The zero-order valence-electron chi connectivity index (χ0n) is 11.9. The minimum atomic E-state index is 0.456. The van der Waals surface area contributed by atoms with E-state index in [1.165, 1.54) is 37.1 Å². The monoisotopic (exact) mass is 279 g/mol. The van der Waals surface area contributed by atoms with Crippen LogP contribution in [-0.2, 0) is 11.3 Å². The van der Waals surface area contributed by atoms with E-state index in [1.54, 1.807) is 0 Å². The Morgan fingerprint density at radius 1 is 1.32 bits per heavy atom. The zero-order valence-corrected chi connectivity index (χ0v) is 12.7. The van der Waals surface area contributed by atoms with Crippen LogP contribution in [0.3, 0.4) is 0 Å². The molecule has 1 heterocycles. The molecule has 1 aromatic rings. The molecule has 0 aromatic heterocycles. The Bertz CT molecular complexity index is 338. The second-order valence-electron chi connectivity index (χ2n) is 5.20. The van der Waals surface area contributed by atoms with Gasteiger partial charge in [0.25, 0.3) is 0 Å². The molecule has 0 saturated carbocycles. The molecule has 3 heteroatoms. The summed E-state index contributed by atoms with van der Waals surface area (Å²) >= 11 is 1.93. The summed E-state index contributed by atoms with van der Waals surface area (Å²) in [5, 5.41) is 0. The molecule has 0 amide bonds. The molecule has 1 aliphatic rings. The summed E-state index contributed by atoms with van der Waals surface area (Å²) < 4.78 is 5.78. The Morgan fingerprint density at radius 2 is 2.16 bits per heavy atom. The van der Waals surface area contributed by atoms with E-state index in [4.69, 9.17) is 4.74 Å². The van der Waals surface area contributed by atoms with Crippen LogP contribution < -0.4 is 0 Å². The predicted molar refractivity (Wildman–Crippen MR) is 83.7 cm³/mol. The van der Waals surface area contributed by atoms with Crippen LogP contribution in [0.15, 0.2) is 30.3 Å². The molecule has 1 aromatic carbocycles. The maximum absolute atomic E-state index is 5.78. The topological polar surface area (TPSA) is 12.5 Å². The number of nitrogens with zero attached hydrogens (tertiary/aromatic N) is 1. The van der Waals surface area contributed by atoms with Crippen LogP contribution in [0.25, 0.3) is 0 Å². The number of hydrogen-bond acceptors (Lipinski definition) is 3. The largest absolute Gasteiger partial charge is 0.377 e. The van der Waals surface area contributed by atoms with Crippen LogP contribution in [-0.4, -0.2) is 42.7 Å². The lowest BCUT2D eigenvalue weighted by atomic mass is 10.2. The van der Waals surface area contributed by atoms with Crippen molar-refractivity contribution in [3.8, 4) is 0 Å². The van der Waals surface area contributed by atoms with Gasteiger partial charge in [-0.15, -0.1) is 0 Å². The molecule has 1 atom stereocenters. The normalized spacial score (nSPS) is 19.2. The fourth-order valence-corrected chi connectivity index (χ4v) is 3.00. The van der Waals surface area contributed by atoms with Gasteiger partial charge in [-0.25, -0.2) is 0 Å². The number of rotatable bonds is 8. The Morgan fingerprint density at radius 3 is 2.84 bits per heavy atom. The Balaban J connectivity index is 1.85. The Kier molecular flexibility index (Phi) is 6.75. The number of hydrogen-bond donors (Lipinski definition) is 0. The SMILES string of the molecule is CSCCCN(Cc1ccccc1)CC1CCCO1. The molecule has 0 spiro atoms. The summed E-state index contributed by atoms with van der Waals surface area (Å²) in [6.07, 6.45) is 6.36. The predicted octanol–water partition coefficient (Wildman–Crippen LogP) is 3.42. The number of benzene rings is 1. The van der Waals surface area contributed by atoms with Crippen molar-refractivity contribution >= 4 is 11.8 Å². The van der Waals surface area contributed by atoms with Gasteiger partial charge in [-0.05, 0) is 43.4 Å². The molecular formula is C16H25NOS. The summed E-state index contributed by atoms with van der Waals surface area (Å²) in [5.74, 6) is 1.25. The van der Waals surface area contributed by atoms with E-state index >= 15 is 0 Å². The highest BCUT2D eigenvalue weighted by Crippen LogP contribution is 2.15. The lowest BCUT2D eigenvalue weighted by Crippen LogP contribution is -2.32. The van der Waals surface area contributed by atoms with Crippen molar-refractivity contribution in [1.29, 1.82) is 0 Å². The third-order valence-corrected chi connectivity index (χ3v) is 4.25. The zero-order chi connectivity index (χ0) is 13.3. The fraction of sp³-hybridized carbons (Fsp3) is 0.625. The highest BCUT2D eigenvalue weighted by Gasteiger charge is 2.19. The van der Waals surface area contributed by atoms with E-state index in [9.17, 15) is 0 Å². The van der Waals surface area contributed by atoms with Crippen LogP contribution in [0.5, 0.6) is 0 Å². The van der Waals surface area contributed by atoms with Crippen molar-refractivity contribution in [2.45, 2.75) is 31.9 Å². The molecule has 0 bridgehead atoms. The lowest BCUT2D eigenvalue weighted by Gasteiger charge is -2.25. The van der Waals surface area contributed by atoms with Gasteiger partial charge in [0.15, 0.2) is 0 Å². The summed E-state index contributed by atoms with van der Waals surface area (Å²) in [6.45, 7) is 4.27. The molecular weight excluding hydrogens is 254 g/mol. The summed E-state index contributed by atoms with van der Waals surface area (Å²) in [4.78, 5) is 2.56. The first-order valence-corrected chi connectivity index (χ1v) is 8.64. The summed E-state index contributed by atoms with van der Waals surface area (Å²) in [5.41, 5.74) is 1.41. The quantitative estimate of drug-likeness (QED) is 0.677. The molecule has 2 rings (SSSR count). The molecule has 106 valence electrons. The second-order valence-corrected chi connectivity index (χ2v) is 6.19. The van der Waals surface area contributed by atoms with E-state index in [2.05, 4.69) is 41.5 Å². The average Bonchev–Trinajstić information content (AvgIpc) is 2.93. The molecule has 1 aliphatic heterocycles. The van der Waals surface area contributed by atoms with Crippen LogP contribution in [0.2, 0.25) is 0 Å². The van der Waals surface area contributed by atoms with E-state index in [1.807, 2.05) is 11.8 Å². The molecule has 0 aliphatic carbocycles. The Labute approximate surface area is 121 Å². The van der Waals surface area contributed by atoms with Crippen molar-refractivity contribution in [3.63, 3.8) is 0 Å². The van der Waals surface area contributed by atoms with Gasteiger partial charge in [0.1, 0.15) is 0 Å². The van der Waals surface area contributed by atoms with Crippen LogP contribution in [0, 0.1) is 0 Å². The first-order chi connectivity index (χ1) is 9.38. The van der Waals surface area contributed by atoms with Crippen molar-refractivity contribution in [2.75, 3.05) is 31.7 Å². The highest BCUT2D eigenvalue weighted by atomic mass is 32.2. The van der Waals surface area contributed by atoms with Crippen molar-refractivity contribution in [1.82, 2.24) is 4.90 Å². The Hall–Kier alpha value is -0.510. The van der Waals surface area contributed by atoms with Gasteiger partial charge >= 0.3 is 0 Å². The molecule has 1 saturated heterocycles. The molecule has 2 nitrogen and oxygen atoms in total. The molecule has 19 heavy (non-hydrogen) atoms. The maximum atomic E-state index is 5.78. The fourth-order valence-electron chi connectivity index (χ4n) is 2.59. The van der Waals surface area contributed by atoms with Gasteiger partial charge in [0.2, 0.25) is 0 Å². The summed E-state index contributed by atoms with van der Waals surface area (Å²) in [7, 11) is 0. The number of ether oxygens (including phenoxy) is 1. The third kappa shape index (κ3) is 5.55. The average molecular weight is 279 g/mol. The van der Waals surface area contributed by atoms with E-state index in [0.29, 0.717) is 6.10 Å². The van der Waals surface area contributed by atoms with Crippen molar-refractivity contribution in [3.05, 3.63) is 35.9 Å². The standard InChI is InChI=1S/C16H25NOS/c1-19-12-6-10-17(14-16-9-5-11-18-16)13-15-7-3-2-4-8-15/h2-4,7-8,16H,5-6,9-14H2,1H3. The second kappa shape index (κ2) is 8.62. The molecule has 1 unspecified atom stereocenters. The van der Waals surface area contributed by atoms with Gasteiger partial charge < -0.3 is 4.74 Å². The lowest BCUT2D eigenvalue weighted by molar-refractivity contribution is 0.0707. The van der Waals surface area contributed by atoms with Gasteiger partial charge in [-0.2, -0.15) is 11.8 Å². The minimum Gasteiger partial charge on any atom is -0.377 e. The first-order valence-electron chi connectivity index (χ1n) is 7.25. The van der Waals surface area contributed by atoms with Crippen LogP contribution in [0.4, 0.5) is 0 Å². The first kappa shape index (κ1) is 14.9. The maximum Gasteiger partial charge on any atom is 0.0702 e. The van der Waals surface area contributed by atoms with Gasteiger partial charge in [-0.1, -0.05) is 30.3 Å². The van der Waals surface area contributed by atoms with Crippen molar-refractivity contribution in [2.24, 2.45) is 0 Å². The van der Waals surface area contributed by atoms with E-state index < -0.39 is 0 Å². The van der Waals surface area contributed by atoms with E-state index in [-0.39, 0.29) is 0 Å². The van der Waals surface area contributed by atoms with Gasteiger partial charge in [0.05, 0.1) is 6.10 Å². The van der Waals surface area contributed by atoms with Crippen LogP contribution >= 0.6 is 11.8 Å². The minimum absolute atomic E-state index is 0.456. The number of thioether (sulfide) groups is 1. The highest BCUT2D eigenvalue weighted by molar-refractivity contribution is 7.98. The molecule has 0 radical (unpaired) electrons. The smallest absolute Gasteiger partial charge is 0.0702 e.